The Morgan fingerprint density at radius 2 is 2.10 bits per heavy atom. The summed E-state index contributed by atoms with van der Waals surface area (Å²) in [6, 6.07) is 7.13. The number of carbonyl (C=O) groups is 1. The molecule has 0 saturated carbocycles. The average Bonchev–Trinajstić information content (AvgIpc) is 2.48. The Morgan fingerprint density at radius 3 is 2.71 bits per heavy atom. The molecule has 0 spiro atoms. The number of esters is 1. The summed E-state index contributed by atoms with van der Waals surface area (Å²) in [4.78, 5) is 11.9. The molecule has 1 fully saturated rings. The molecule has 1 unspecified atom stereocenters. The van der Waals surface area contributed by atoms with Crippen molar-refractivity contribution in [3.8, 4) is 0 Å². The predicted octanol–water partition coefficient (Wildman–Crippen LogP) is 2.67. The van der Waals surface area contributed by atoms with Gasteiger partial charge in [0.15, 0.2) is 0 Å². The van der Waals surface area contributed by atoms with E-state index in [9.17, 15) is 4.79 Å². The molecule has 1 atom stereocenters. The summed E-state index contributed by atoms with van der Waals surface area (Å²) in [7, 11) is 0. The van der Waals surface area contributed by atoms with Crippen LogP contribution in [0.15, 0.2) is 24.3 Å². The first-order chi connectivity index (χ1) is 10.1. The minimum absolute atomic E-state index is 0.219. The van der Waals surface area contributed by atoms with Crippen molar-refractivity contribution in [1.82, 2.24) is 0 Å². The van der Waals surface area contributed by atoms with Gasteiger partial charge in [-0.15, -0.1) is 0 Å². The van der Waals surface area contributed by atoms with E-state index in [0.717, 1.165) is 23.4 Å². The largest absolute Gasteiger partial charge is 0.465 e. The normalized spacial score (nSPS) is 19.0. The fourth-order valence-electron chi connectivity index (χ4n) is 2.99. The van der Waals surface area contributed by atoms with Crippen LogP contribution in [0.5, 0.6) is 0 Å². The average molecular weight is 312 g/mol. The van der Waals surface area contributed by atoms with Crippen LogP contribution in [0.4, 0.5) is 0 Å². The third kappa shape index (κ3) is 3.76. The zero-order valence-electron chi connectivity index (χ0n) is 12.3. The first kappa shape index (κ1) is 16.3. The molecule has 0 bridgehead atoms. The summed E-state index contributed by atoms with van der Waals surface area (Å²) in [6.45, 7) is 3.43. The molecule has 1 aromatic rings. The van der Waals surface area contributed by atoms with Gasteiger partial charge in [0.1, 0.15) is 6.04 Å². The van der Waals surface area contributed by atoms with Gasteiger partial charge in [0.2, 0.25) is 0 Å². The Kier molecular flexibility index (Phi) is 5.62. The van der Waals surface area contributed by atoms with E-state index in [2.05, 4.69) is 0 Å². The van der Waals surface area contributed by atoms with E-state index < -0.39 is 6.04 Å². The highest BCUT2D eigenvalue weighted by Crippen LogP contribution is 2.42. The molecule has 4 nitrogen and oxygen atoms in total. The number of benzene rings is 1. The van der Waals surface area contributed by atoms with Gasteiger partial charge in [0.25, 0.3) is 0 Å². The molecule has 5 heteroatoms. The van der Waals surface area contributed by atoms with Gasteiger partial charge in [-0.3, -0.25) is 4.79 Å². The van der Waals surface area contributed by atoms with Crippen molar-refractivity contribution in [2.75, 3.05) is 19.8 Å². The summed E-state index contributed by atoms with van der Waals surface area (Å²) < 4.78 is 10.5. The van der Waals surface area contributed by atoms with Crippen LogP contribution in [-0.2, 0) is 19.7 Å². The first-order valence-electron chi connectivity index (χ1n) is 7.34. The lowest BCUT2D eigenvalue weighted by molar-refractivity contribution is -0.145. The van der Waals surface area contributed by atoms with E-state index in [-0.39, 0.29) is 11.4 Å². The topological polar surface area (TPSA) is 61.5 Å². The third-order valence-corrected chi connectivity index (χ3v) is 4.42. The van der Waals surface area contributed by atoms with Crippen LogP contribution in [0, 0.1) is 0 Å². The first-order valence-corrected chi connectivity index (χ1v) is 7.72. The number of nitrogens with two attached hydrogens (primary N) is 1. The van der Waals surface area contributed by atoms with Crippen LogP contribution >= 0.6 is 11.6 Å². The Hall–Kier alpha value is -1.10. The third-order valence-electron chi connectivity index (χ3n) is 4.10. The predicted molar refractivity (Wildman–Crippen MR) is 82.4 cm³/mol. The van der Waals surface area contributed by atoms with Crippen LogP contribution in [-0.4, -0.2) is 31.8 Å². The van der Waals surface area contributed by atoms with E-state index in [0.29, 0.717) is 26.2 Å². The van der Waals surface area contributed by atoms with Crippen LogP contribution in [0.25, 0.3) is 0 Å². The highest BCUT2D eigenvalue weighted by Gasteiger charge is 2.39. The number of hydrogen-bond donors (Lipinski definition) is 1. The highest BCUT2D eigenvalue weighted by atomic mass is 35.5. The molecule has 116 valence electrons. The Balaban J connectivity index is 2.26. The van der Waals surface area contributed by atoms with E-state index in [1.54, 1.807) is 6.92 Å². The van der Waals surface area contributed by atoms with Gasteiger partial charge in [-0.2, -0.15) is 0 Å². The Labute approximate surface area is 130 Å². The second-order valence-corrected chi connectivity index (χ2v) is 5.84. The van der Waals surface area contributed by atoms with Gasteiger partial charge in [-0.05, 0) is 37.8 Å². The maximum Gasteiger partial charge on any atom is 0.322 e. The van der Waals surface area contributed by atoms with Crippen molar-refractivity contribution >= 4 is 17.6 Å². The molecule has 2 rings (SSSR count). The van der Waals surface area contributed by atoms with E-state index in [1.807, 2.05) is 24.3 Å². The lowest BCUT2D eigenvalue weighted by Gasteiger charge is -2.39. The molecule has 1 aliphatic heterocycles. The summed E-state index contributed by atoms with van der Waals surface area (Å²) in [5.74, 6) is -0.351. The lowest BCUT2D eigenvalue weighted by atomic mass is 9.70. The van der Waals surface area contributed by atoms with Gasteiger partial charge < -0.3 is 15.2 Å². The summed E-state index contributed by atoms with van der Waals surface area (Å²) in [5, 5.41) is 0.718. The van der Waals surface area contributed by atoms with Gasteiger partial charge in [0, 0.05) is 23.7 Å². The number of hydrogen-bond acceptors (Lipinski definition) is 4. The fraction of sp³-hybridized carbons (Fsp3) is 0.562. The highest BCUT2D eigenvalue weighted by molar-refractivity contribution is 6.31. The van der Waals surface area contributed by atoms with Crippen molar-refractivity contribution in [1.29, 1.82) is 0 Å². The number of rotatable bonds is 5. The molecular weight excluding hydrogens is 290 g/mol. The van der Waals surface area contributed by atoms with Crippen molar-refractivity contribution in [3.05, 3.63) is 34.9 Å². The summed E-state index contributed by atoms with van der Waals surface area (Å²) in [6.07, 6.45) is 2.15. The minimum Gasteiger partial charge on any atom is -0.465 e. The summed E-state index contributed by atoms with van der Waals surface area (Å²) >= 11 is 6.37. The quantitative estimate of drug-likeness (QED) is 0.849. The van der Waals surface area contributed by atoms with Gasteiger partial charge in [0.05, 0.1) is 6.61 Å². The molecule has 0 amide bonds. The monoisotopic (exact) mass is 311 g/mol. The molecule has 21 heavy (non-hydrogen) atoms. The van der Waals surface area contributed by atoms with Crippen LogP contribution in [0.2, 0.25) is 5.02 Å². The smallest absolute Gasteiger partial charge is 0.322 e. The van der Waals surface area contributed by atoms with Crippen LogP contribution < -0.4 is 5.73 Å². The van der Waals surface area contributed by atoms with Gasteiger partial charge in [-0.1, -0.05) is 29.8 Å². The Bertz CT molecular complexity index is 486. The standard InChI is InChI=1S/C16H22ClNO3/c1-2-21-15(19)14(18)11-16(7-9-20-10-8-16)12-5-3-4-6-13(12)17/h3-6,14H,2,7-11,18H2,1H3. The molecule has 1 aromatic carbocycles. The van der Waals surface area contributed by atoms with Gasteiger partial charge >= 0.3 is 5.97 Å². The molecule has 1 aliphatic rings. The van der Waals surface area contributed by atoms with Crippen LogP contribution in [0.1, 0.15) is 31.7 Å². The second-order valence-electron chi connectivity index (χ2n) is 5.44. The van der Waals surface area contributed by atoms with Gasteiger partial charge in [-0.25, -0.2) is 0 Å². The van der Waals surface area contributed by atoms with Crippen LogP contribution in [0.3, 0.4) is 0 Å². The lowest BCUT2D eigenvalue weighted by Crippen LogP contribution is -2.43. The zero-order valence-corrected chi connectivity index (χ0v) is 13.1. The number of ether oxygens (including phenoxy) is 2. The number of carbonyl (C=O) groups excluding carboxylic acids is 1. The fourth-order valence-corrected chi connectivity index (χ4v) is 3.33. The zero-order chi connectivity index (χ0) is 15.3. The maximum atomic E-state index is 11.9. The molecule has 1 heterocycles. The molecule has 1 saturated heterocycles. The van der Waals surface area contributed by atoms with E-state index in [1.165, 1.54) is 0 Å². The maximum absolute atomic E-state index is 11.9. The number of halogens is 1. The van der Waals surface area contributed by atoms with Crippen molar-refractivity contribution in [2.24, 2.45) is 5.73 Å². The molecular formula is C16H22ClNO3. The SMILES string of the molecule is CCOC(=O)C(N)CC1(c2ccccc2Cl)CCOCC1. The summed E-state index contributed by atoms with van der Waals surface area (Å²) in [5.41, 5.74) is 6.88. The van der Waals surface area contributed by atoms with E-state index >= 15 is 0 Å². The molecule has 0 aromatic heterocycles. The van der Waals surface area contributed by atoms with Crippen molar-refractivity contribution in [2.45, 2.75) is 37.6 Å². The Morgan fingerprint density at radius 1 is 1.43 bits per heavy atom. The molecule has 2 N–H and O–H groups in total. The minimum atomic E-state index is -0.640. The second kappa shape index (κ2) is 7.25. The van der Waals surface area contributed by atoms with E-state index in [4.69, 9.17) is 26.8 Å². The molecule has 0 aliphatic carbocycles. The van der Waals surface area contributed by atoms with Crippen molar-refractivity contribution in [3.63, 3.8) is 0 Å². The molecule has 0 radical (unpaired) electrons. The van der Waals surface area contributed by atoms with Crippen molar-refractivity contribution < 1.29 is 14.3 Å².